The number of anilines is 1. The standard InChI is InChI=1S/C15H17ClN2O3S2/c1-2-4-14(19)17-15-18(11-6-3-5-10(16)7-11)12-8-23(20,21)9-13(12)22-15/h3,5-7,12-13H,2,4,8-9H2,1H3/t12-,13-/m1/s1. The van der Waals surface area contributed by atoms with Crippen LogP contribution in [-0.4, -0.2) is 42.3 Å². The van der Waals surface area contributed by atoms with Gasteiger partial charge in [0.05, 0.1) is 17.5 Å². The van der Waals surface area contributed by atoms with Gasteiger partial charge in [-0.3, -0.25) is 4.79 Å². The SMILES string of the molecule is CCCC(=O)N=C1S[C@@H]2CS(=O)(=O)C[C@H]2N1c1cccc(Cl)c1. The van der Waals surface area contributed by atoms with Gasteiger partial charge in [0, 0.05) is 22.4 Å². The van der Waals surface area contributed by atoms with E-state index in [1.807, 2.05) is 24.0 Å². The Morgan fingerprint density at radius 3 is 2.91 bits per heavy atom. The molecule has 2 aliphatic heterocycles. The van der Waals surface area contributed by atoms with Crippen molar-refractivity contribution in [2.45, 2.75) is 31.1 Å². The summed E-state index contributed by atoms with van der Waals surface area (Å²) in [7, 11) is -3.05. The number of benzene rings is 1. The molecular formula is C15H17ClN2O3S2. The fourth-order valence-corrected chi connectivity index (χ4v) is 6.98. The Labute approximate surface area is 145 Å². The first-order chi connectivity index (χ1) is 10.9. The number of rotatable bonds is 3. The number of sulfone groups is 1. The number of amides is 1. The van der Waals surface area contributed by atoms with Crippen LogP contribution < -0.4 is 4.90 Å². The number of halogens is 1. The monoisotopic (exact) mass is 372 g/mol. The molecule has 2 heterocycles. The smallest absolute Gasteiger partial charge is 0.248 e. The van der Waals surface area contributed by atoms with Crippen LogP contribution in [0, 0.1) is 0 Å². The molecule has 0 aromatic heterocycles. The number of amidine groups is 1. The average Bonchev–Trinajstić information content (AvgIpc) is 2.89. The van der Waals surface area contributed by atoms with Crippen LogP contribution in [0.1, 0.15) is 19.8 Å². The van der Waals surface area contributed by atoms with Crippen molar-refractivity contribution in [3.63, 3.8) is 0 Å². The summed E-state index contributed by atoms with van der Waals surface area (Å²) in [6, 6.07) is 7.01. The topological polar surface area (TPSA) is 66.8 Å². The van der Waals surface area contributed by atoms with Crippen molar-refractivity contribution in [3.05, 3.63) is 29.3 Å². The third-order valence-corrected chi connectivity index (χ3v) is 7.28. The van der Waals surface area contributed by atoms with E-state index in [4.69, 9.17) is 11.6 Å². The Kier molecular flexibility index (Phi) is 4.71. The molecular weight excluding hydrogens is 356 g/mol. The van der Waals surface area contributed by atoms with Crippen LogP contribution in [0.5, 0.6) is 0 Å². The summed E-state index contributed by atoms with van der Waals surface area (Å²) in [5.41, 5.74) is 0.776. The van der Waals surface area contributed by atoms with Crippen LogP contribution >= 0.6 is 23.4 Å². The lowest BCUT2D eigenvalue weighted by molar-refractivity contribution is -0.117. The Bertz CT molecular complexity index is 764. The molecule has 2 atom stereocenters. The first-order valence-corrected chi connectivity index (χ1v) is 10.5. The summed E-state index contributed by atoms with van der Waals surface area (Å²) in [6.07, 6.45) is 1.12. The number of hydrogen-bond donors (Lipinski definition) is 0. The van der Waals surface area contributed by atoms with Crippen LogP contribution in [0.25, 0.3) is 0 Å². The molecule has 2 fully saturated rings. The highest BCUT2D eigenvalue weighted by Crippen LogP contribution is 2.41. The van der Waals surface area contributed by atoms with Crippen molar-refractivity contribution < 1.29 is 13.2 Å². The second kappa shape index (κ2) is 6.45. The predicted octanol–water partition coefficient (Wildman–Crippen LogP) is 2.74. The molecule has 5 nitrogen and oxygen atoms in total. The summed E-state index contributed by atoms with van der Waals surface area (Å²) >= 11 is 7.45. The summed E-state index contributed by atoms with van der Waals surface area (Å²) in [6.45, 7) is 1.93. The predicted molar refractivity (Wildman–Crippen MR) is 95.1 cm³/mol. The molecule has 124 valence electrons. The Balaban J connectivity index is 1.99. The van der Waals surface area contributed by atoms with Gasteiger partial charge in [-0.15, -0.1) is 0 Å². The normalized spacial score (nSPS) is 27.4. The fourth-order valence-electron chi connectivity index (χ4n) is 2.87. The van der Waals surface area contributed by atoms with Gasteiger partial charge in [-0.1, -0.05) is 36.4 Å². The van der Waals surface area contributed by atoms with Gasteiger partial charge in [-0.25, -0.2) is 8.42 Å². The number of thioether (sulfide) groups is 1. The lowest BCUT2D eigenvalue weighted by Crippen LogP contribution is -2.37. The quantitative estimate of drug-likeness (QED) is 0.816. The van der Waals surface area contributed by atoms with Crippen molar-refractivity contribution in [3.8, 4) is 0 Å². The fraction of sp³-hybridized carbons (Fsp3) is 0.467. The summed E-state index contributed by atoms with van der Waals surface area (Å²) in [4.78, 5) is 18.0. The molecule has 0 bridgehead atoms. The van der Waals surface area contributed by atoms with Crippen molar-refractivity contribution in [2.75, 3.05) is 16.4 Å². The van der Waals surface area contributed by atoms with Gasteiger partial charge in [0.1, 0.15) is 0 Å². The maximum absolute atomic E-state index is 11.9. The van der Waals surface area contributed by atoms with Crippen LogP contribution in [0.15, 0.2) is 29.3 Å². The minimum Gasteiger partial charge on any atom is -0.316 e. The van der Waals surface area contributed by atoms with Crippen LogP contribution in [0.3, 0.4) is 0 Å². The Morgan fingerprint density at radius 1 is 1.43 bits per heavy atom. The van der Waals surface area contributed by atoms with Gasteiger partial charge in [-0.2, -0.15) is 4.99 Å². The number of carbonyl (C=O) groups is 1. The second-order valence-corrected chi connectivity index (χ2v) is 9.49. The van der Waals surface area contributed by atoms with Gasteiger partial charge in [0.2, 0.25) is 5.91 Å². The third-order valence-electron chi connectivity index (χ3n) is 3.84. The van der Waals surface area contributed by atoms with E-state index in [9.17, 15) is 13.2 Å². The van der Waals surface area contributed by atoms with E-state index in [0.29, 0.717) is 16.6 Å². The Morgan fingerprint density at radius 2 is 2.22 bits per heavy atom. The first kappa shape index (κ1) is 16.8. The average molecular weight is 373 g/mol. The minimum absolute atomic E-state index is 0.0815. The summed E-state index contributed by atoms with van der Waals surface area (Å²) < 4.78 is 23.9. The molecule has 1 aromatic carbocycles. The highest BCUT2D eigenvalue weighted by Gasteiger charge is 2.49. The van der Waals surface area contributed by atoms with E-state index in [-0.39, 0.29) is 28.7 Å². The van der Waals surface area contributed by atoms with E-state index in [1.54, 1.807) is 12.1 Å². The van der Waals surface area contributed by atoms with Gasteiger partial charge < -0.3 is 4.90 Å². The molecule has 0 saturated carbocycles. The van der Waals surface area contributed by atoms with E-state index in [0.717, 1.165) is 12.1 Å². The van der Waals surface area contributed by atoms with Gasteiger partial charge in [0.15, 0.2) is 15.0 Å². The zero-order valence-corrected chi connectivity index (χ0v) is 15.0. The molecule has 0 radical (unpaired) electrons. The van der Waals surface area contributed by atoms with Crippen molar-refractivity contribution in [1.82, 2.24) is 0 Å². The molecule has 0 aliphatic carbocycles. The number of fused-ring (bicyclic) bond motifs is 1. The van der Waals surface area contributed by atoms with E-state index >= 15 is 0 Å². The van der Waals surface area contributed by atoms with Crippen LogP contribution in [0.2, 0.25) is 5.02 Å². The van der Waals surface area contributed by atoms with E-state index in [1.165, 1.54) is 11.8 Å². The van der Waals surface area contributed by atoms with E-state index < -0.39 is 9.84 Å². The number of carbonyl (C=O) groups excluding carboxylic acids is 1. The molecule has 1 aromatic rings. The third kappa shape index (κ3) is 3.56. The van der Waals surface area contributed by atoms with Crippen molar-refractivity contribution >= 4 is 50.0 Å². The molecule has 3 rings (SSSR count). The molecule has 0 spiro atoms. The molecule has 0 N–H and O–H groups in total. The van der Waals surface area contributed by atoms with Crippen molar-refractivity contribution in [2.24, 2.45) is 4.99 Å². The largest absolute Gasteiger partial charge is 0.316 e. The zero-order chi connectivity index (χ0) is 16.6. The molecule has 2 saturated heterocycles. The van der Waals surface area contributed by atoms with Crippen LogP contribution in [-0.2, 0) is 14.6 Å². The lowest BCUT2D eigenvalue weighted by atomic mass is 10.2. The Hall–Kier alpha value is -1.05. The number of nitrogens with zero attached hydrogens (tertiary/aromatic N) is 2. The lowest BCUT2D eigenvalue weighted by Gasteiger charge is -2.24. The minimum atomic E-state index is -3.05. The van der Waals surface area contributed by atoms with Gasteiger partial charge >= 0.3 is 0 Å². The van der Waals surface area contributed by atoms with Gasteiger partial charge in [-0.05, 0) is 24.6 Å². The van der Waals surface area contributed by atoms with Crippen LogP contribution in [0.4, 0.5) is 5.69 Å². The number of aliphatic imine (C=N–C) groups is 1. The first-order valence-electron chi connectivity index (χ1n) is 7.43. The molecule has 0 unspecified atom stereocenters. The zero-order valence-electron chi connectivity index (χ0n) is 12.6. The summed E-state index contributed by atoms with van der Waals surface area (Å²) in [5.74, 6) is 0.0308. The molecule has 23 heavy (non-hydrogen) atoms. The van der Waals surface area contributed by atoms with E-state index in [2.05, 4.69) is 4.99 Å². The second-order valence-electron chi connectivity index (χ2n) is 5.69. The highest BCUT2D eigenvalue weighted by atomic mass is 35.5. The highest BCUT2D eigenvalue weighted by molar-refractivity contribution is 8.16. The molecule has 8 heteroatoms. The van der Waals surface area contributed by atoms with Crippen molar-refractivity contribution in [1.29, 1.82) is 0 Å². The number of hydrogen-bond acceptors (Lipinski definition) is 4. The van der Waals surface area contributed by atoms with Gasteiger partial charge in [0.25, 0.3) is 0 Å². The summed E-state index contributed by atoms with van der Waals surface area (Å²) in [5, 5.41) is 1.05. The maximum atomic E-state index is 11.9. The molecule has 2 aliphatic rings. The molecule has 1 amide bonds. The maximum Gasteiger partial charge on any atom is 0.248 e.